The van der Waals surface area contributed by atoms with Crippen LogP contribution in [0.25, 0.3) is 0 Å². The van der Waals surface area contributed by atoms with E-state index in [0.717, 1.165) is 30.8 Å². The van der Waals surface area contributed by atoms with Crippen LogP contribution in [0.3, 0.4) is 0 Å². The van der Waals surface area contributed by atoms with Gasteiger partial charge in [-0.3, -0.25) is 0 Å². The van der Waals surface area contributed by atoms with Crippen molar-refractivity contribution >= 4 is 10.0 Å². The van der Waals surface area contributed by atoms with Gasteiger partial charge in [0, 0.05) is 20.1 Å². The lowest BCUT2D eigenvalue weighted by Crippen LogP contribution is -2.35. The van der Waals surface area contributed by atoms with E-state index in [0.29, 0.717) is 17.4 Å². The second-order valence-corrected chi connectivity index (χ2v) is 9.00. The lowest BCUT2D eigenvalue weighted by Gasteiger charge is -2.23. The number of sulfonamides is 1. The predicted molar refractivity (Wildman–Crippen MR) is 95.5 cm³/mol. The second-order valence-electron chi connectivity index (χ2n) is 7.01. The van der Waals surface area contributed by atoms with Crippen molar-refractivity contribution in [1.29, 1.82) is 0 Å². The monoisotopic (exact) mass is 338 g/mol. The molecule has 1 aliphatic heterocycles. The first-order valence-corrected chi connectivity index (χ1v) is 9.97. The highest BCUT2D eigenvalue weighted by Crippen LogP contribution is 2.27. The summed E-state index contributed by atoms with van der Waals surface area (Å²) in [4.78, 5) is 2.82. The molecule has 0 saturated carbocycles. The van der Waals surface area contributed by atoms with Crippen molar-refractivity contribution < 1.29 is 8.42 Å². The molecular formula is C18H30N2O2S. The van der Waals surface area contributed by atoms with E-state index in [4.69, 9.17) is 0 Å². The van der Waals surface area contributed by atoms with Crippen molar-refractivity contribution in [2.24, 2.45) is 0 Å². The molecule has 1 heterocycles. The SMILES string of the molecule is Cc1cc(C(C)C)cc(C)c1S(=O)(=O)N(C)CCN1CCCC1. The Morgan fingerprint density at radius 2 is 1.65 bits per heavy atom. The maximum absolute atomic E-state index is 13.0. The van der Waals surface area contributed by atoms with Crippen molar-refractivity contribution in [3.63, 3.8) is 0 Å². The molecule has 1 fully saturated rings. The lowest BCUT2D eigenvalue weighted by molar-refractivity contribution is 0.310. The van der Waals surface area contributed by atoms with E-state index in [-0.39, 0.29) is 0 Å². The van der Waals surface area contributed by atoms with Gasteiger partial charge in [-0.25, -0.2) is 8.42 Å². The fourth-order valence-corrected chi connectivity index (χ4v) is 4.85. The van der Waals surface area contributed by atoms with E-state index in [2.05, 4.69) is 18.7 Å². The number of hydrogen-bond donors (Lipinski definition) is 0. The average molecular weight is 339 g/mol. The fraction of sp³-hybridized carbons (Fsp3) is 0.667. The molecule has 4 nitrogen and oxygen atoms in total. The third kappa shape index (κ3) is 4.14. The zero-order valence-corrected chi connectivity index (χ0v) is 15.9. The maximum Gasteiger partial charge on any atom is 0.243 e. The summed E-state index contributed by atoms with van der Waals surface area (Å²) in [5.74, 6) is 0.400. The summed E-state index contributed by atoms with van der Waals surface area (Å²) in [5.41, 5.74) is 2.89. The van der Waals surface area contributed by atoms with E-state index in [1.54, 1.807) is 7.05 Å². The van der Waals surface area contributed by atoms with Gasteiger partial charge in [-0.15, -0.1) is 0 Å². The molecule has 0 aliphatic carbocycles. The standard InChI is InChI=1S/C18H30N2O2S/c1-14(2)17-12-15(3)18(16(4)13-17)23(21,22)19(5)10-11-20-8-6-7-9-20/h12-14H,6-11H2,1-5H3. The Kier molecular flexibility index (Phi) is 5.87. The third-order valence-electron chi connectivity index (χ3n) is 4.75. The molecule has 0 aromatic heterocycles. The first-order chi connectivity index (χ1) is 10.7. The molecule has 1 aliphatic rings. The minimum atomic E-state index is -3.43. The molecule has 23 heavy (non-hydrogen) atoms. The smallest absolute Gasteiger partial charge is 0.243 e. The van der Waals surface area contributed by atoms with Crippen LogP contribution in [0.15, 0.2) is 17.0 Å². The van der Waals surface area contributed by atoms with Crippen molar-refractivity contribution in [3.8, 4) is 0 Å². The second kappa shape index (κ2) is 7.32. The quantitative estimate of drug-likeness (QED) is 0.800. The van der Waals surface area contributed by atoms with Crippen LogP contribution < -0.4 is 0 Å². The summed E-state index contributed by atoms with van der Waals surface area (Å²) in [6.07, 6.45) is 2.46. The van der Waals surface area contributed by atoms with Crippen molar-refractivity contribution in [3.05, 3.63) is 28.8 Å². The van der Waals surface area contributed by atoms with Gasteiger partial charge in [-0.1, -0.05) is 26.0 Å². The minimum absolute atomic E-state index is 0.400. The molecule has 1 aromatic rings. The largest absolute Gasteiger partial charge is 0.302 e. The van der Waals surface area contributed by atoms with E-state index in [9.17, 15) is 8.42 Å². The minimum Gasteiger partial charge on any atom is -0.302 e. The summed E-state index contributed by atoms with van der Waals surface area (Å²) >= 11 is 0. The topological polar surface area (TPSA) is 40.6 Å². The maximum atomic E-state index is 13.0. The van der Waals surface area contributed by atoms with E-state index in [1.807, 2.05) is 26.0 Å². The normalized spacial score (nSPS) is 16.7. The van der Waals surface area contributed by atoms with Gasteiger partial charge in [0.05, 0.1) is 4.90 Å². The highest BCUT2D eigenvalue weighted by Gasteiger charge is 2.26. The summed E-state index contributed by atoms with van der Waals surface area (Å²) in [5, 5.41) is 0. The highest BCUT2D eigenvalue weighted by molar-refractivity contribution is 7.89. The molecule has 0 spiro atoms. The molecular weight excluding hydrogens is 308 g/mol. The number of aryl methyl sites for hydroxylation is 2. The molecule has 0 radical (unpaired) electrons. The zero-order chi connectivity index (χ0) is 17.2. The number of nitrogens with zero attached hydrogens (tertiary/aromatic N) is 2. The molecule has 1 aromatic carbocycles. The number of likely N-dealkylation sites (tertiary alicyclic amines) is 1. The molecule has 2 rings (SSSR count). The summed E-state index contributed by atoms with van der Waals surface area (Å²) < 4.78 is 27.4. The number of hydrogen-bond acceptors (Lipinski definition) is 3. The molecule has 0 unspecified atom stereocenters. The van der Waals surface area contributed by atoms with Gasteiger partial charge in [0.2, 0.25) is 10.0 Å². The van der Waals surface area contributed by atoms with Crippen LogP contribution in [0.1, 0.15) is 49.3 Å². The van der Waals surface area contributed by atoms with E-state index >= 15 is 0 Å². The van der Waals surface area contributed by atoms with Crippen LogP contribution in [0.4, 0.5) is 0 Å². The van der Waals surface area contributed by atoms with Crippen LogP contribution in [0.2, 0.25) is 0 Å². The molecule has 5 heteroatoms. The Balaban J connectivity index is 2.21. The van der Waals surface area contributed by atoms with E-state index < -0.39 is 10.0 Å². The molecule has 0 bridgehead atoms. The van der Waals surface area contributed by atoms with E-state index in [1.165, 1.54) is 22.7 Å². The van der Waals surface area contributed by atoms with Crippen molar-refractivity contribution in [1.82, 2.24) is 9.21 Å². The Bertz CT molecular complexity index is 624. The summed E-state index contributed by atoms with van der Waals surface area (Å²) in [7, 11) is -1.73. The third-order valence-corrected chi connectivity index (χ3v) is 6.91. The van der Waals surface area contributed by atoms with Gasteiger partial charge in [-0.2, -0.15) is 4.31 Å². The first kappa shape index (κ1) is 18.4. The Morgan fingerprint density at radius 1 is 1.13 bits per heavy atom. The van der Waals surface area contributed by atoms with Crippen LogP contribution in [0.5, 0.6) is 0 Å². The zero-order valence-electron chi connectivity index (χ0n) is 15.1. The Hall–Kier alpha value is -0.910. The average Bonchev–Trinajstić information content (AvgIpc) is 2.96. The van der Waals surface area contributed by atoms with Crippen LogP contribution in [0, 0.1) is 13.8 Å². The Morgan fingerprint density at radius 3 is 2.13 bits per heavy atom. The van der Waals surface area contributed by atoms with Gasteiger partial charge in [-0.05, 0) is 62.4 Å². The first-order valence-electron chi connectivity index (χ1n) is 8.53. The molecule has 1 saturated heterocycles. The number of likely N-dealkylation sites (N-methyl/N-ethyl adjacent to an activating group) is 1. The van der Waals surface area contributed by atoms with Gasteiger partial charge < -0.3 is 4.90 Å². The summed E-state index contributed by atoms with van der Waals surface area (Å²) in [6.45, 7) is 11.6. The molecule has 0 amide bonds. The fourth-order valence-electron chi connectivity index (χ4n) is 3.29. The summed E-state index contributed by atoms with van der Waals surface area (Å²) in [6, 6.07) is 4.03. The number of rotatable bonds is 6. The highest BCUT2D eigenvalue weighted by atomic mass is 32.2. The van der Waals surface area contributed by atoms with Crippen molar-refractivity contribution in [2.45, 2.75) is 51.3 Å². The van der Waals surface area contributed by atoms with Gasteiger partial charge >= 0.3 is 0 Å². The molecule has 0 N–H and O–H groups in total. The number of benzene rings is 1. The lowest BCUT2D eigenvalue weighted by atomic mass is 9.99. The Labute approximate surface area is 141 Å². The van der Waals surface area contributed by atoms with Crippen LogP contribution in [-0.2, 0) is 10.0 Å². The van der Waals surface area contributed by atoms with Crippen LogP contribution in [-0.4, -0.2) is 50.8 Å². The molecule has 0 atom stereocenters. The van der Waals surface area contributed by atoms with Gasteiger partial charge in [0.1, 0.15) is 0 Å². The van der Waals surface area contributed by atoms with Crippen molar-refractivity contribution in [2.75, 3.05) is 33.2 Å². The van der Waals surface area contributed by atoms with Gasteiger partial charge in [0.25, 0.3) is 0 Å². The van der Waals surface area contributed by atoms with Gasteiger partial charge in [0.15, 0.2) is 0 Å². The van der Waals surface area contributed by atoms with Crippen LogP contribution >= 0.6 is 0 Å². The molecule has 130 valence electrons. The predicted octanol–water partition coefficient (Wildman–Crippen LogP) is 3.14.